The molecule has 5 nitrogen and oxygen atoms in total. The van der Waals surface area contributed by atoms with Gasteiger partial charge in [-0.3, -0.25) is 4.79 Å². The second-order valence-electron chi connectivity index (χ2n) is 3.23. The van der Waals surface area contributed by atoms with E-state index in [4.69, 9.17) is 0 Å². The van der Waals surface area contributed by atoms with Crippen LogP contribution in [0.2, 0.25) is 0 Å². The minimum Gasteiger partial charge on any atom is -0.318 e. The number of aryl methyl sites for hydroxylation is 3. The molecule has 0 bridgehead atoms. The van der Waals surface area contributed by atoms with Gasteiger partial charge in [0.2, 0.25) is 0 Å². The molecule has 0 fully saturated rings. The summed E-state index contributed by atoms with van der Waals surface area (Å²) in [6, 6.07) is 0. The Morgan fingerprint density at radius 1 is 1.21 bits per heavy atom. The number of hydrogen-bond donors (Lipinski definition) is 0. The second-order valence-corrected chi connectivity index (χ2v) is 3.23. The molecule has 5 heteroatoms. The highest BCUT2D eigenvalue weighted by Crippen LogP contribution is 2.06. The molecule has 0 unspecified atom stereocenters. The molecule has 2 aromatic heterocycles. The van der Waals surface area contributed by atoms with Crippen molar-refractivity contribution in [1.29, 1.82) is 0 Å². The summed E-state index contributed by atoms with van der Waals surface area (Å²) >= 11 is 0. The Bertz CT molecular complexity index is 558. The van der Waals surface area contributed by atoms with E-state index < -0.39 is 0 Å². The van der Waals surface area contributed by atoms with Crippen LogP contribution >= 0.6 is 0 Å². The van der Waals surface area contributed by atoms with Crippen LogP contribution in [0.25, 0.3) is 11.2 Å². The molecule has 0 aromatic carbocycles. The molecule has 0 saturated carbocycles. The third-order valence-corrected chi connectivity index (χ3v) is 2.17. The minimum atomic E-state index is -0.325. The molecule has 0 radical (unpaired) electrons. The summed E-state index contributed by atoms with van der Waals surface area (Å²) in [6.45, 7) is 3.70. The van der Waals surface area contributed by atoms with Gasteiger partial charge in [0.15, 0.2) is 11.2 Å². The van der Waals surface area contributed by atoms with Crippen LogP contribution in [0, 0.1) is 13.8 Å². The molecule has 0 atom stereocenters. The Morgan fingerprint density at radius 3 is 2.57 bits per heavy atom. The summed E-state index contributed by atoms with van der Waals surface area (Å²) in [5.74, 6) is 0. The fraction of sp³-hybridized carbons (Fsp3) is 0.333. The standard InChI is InChI=1S/C9H10N4O/c1-5-6(2)12-8-7(11-5)9(14)10-4-13(8)3/h4H,1-3H3. The molecule has 2 aromatic rings. The maximum atomic E-state index is 11.4. The average Bonchev–Trinajstić information content (AvgIpc) is 2.15. The first-order valence-electron chi connectivity index (χ1n) is 4.26. The molecule has 0 aliphatic carbocycles. The fourth-order valence-electron chi connectivity index (χ4n) is 1.24. The predicted molar refractivity (Wildman–Crippen MR) is 52.0 cm³/mol. The predicted octanol–water partition coefficient (Wildman–Crippen LogP) is 0.340. The van der Waals surface area contributed by atoms with Gasteiger partial charge in [-0.2, -0.15) is 4.98 Å². The van der Waals surface area contributed by atoms with Gasteiger partial charge in [0.25, 0.3) is 0 Å². The Hall–Kier alpha value is -1.78. The fourth-order valence-corrected chi connectivity index (χ4v) is 1.24. The first kappa shape index (κ1) is 8.80. The van der Waals surface area contributed by atoms with E-state index in [-0.39, 0.29) is 5.56 Å². The Labute approximate surface area is 80.5 Å². The van der Waals surface area contributed by atoms with Gasteiger partial charge in [0.1, 0.15) is 6.33 Å². The highest BCUT2D eigenvalue weighted by Gasteiger charge is 2.06. The van der Waals surface area contributed by atoms with Gasteiger partial charge in [-0.1, -0.05) is 0 Å². The van der Waals surface area contributed by atoms with Crippen LogP contribution < -0.4 is 5.56 Å². The van der Waals surface area contributed by atoms with Gasteiger partial charge in [-0.25, -0.2) is 9.97 Å². The lowest BCUT2D eigenvalue weighted by Gasteiger charge is -2.04. The molecule has 0 N–H and O–H groups in total. The number of hydrogen-bond acceptors (Lipinski definition) is 4. The average molecular weight is 190 g/mol. The molecule has 0 saturated heterocycles. The van der Waals surface area contributed by atoms with E-state index in [1.165, 1.54) is 6.33 Å². The van der Waals surface area contributed by atoms with Crippen molar-refractivity contribution >= 4 is 11.2 Å². The maximum absolute atomic E-state index is 11.4. The van der Waals surface area contributed by atoms with Gasteiger partial charge >= 0.3 is 5.56 Å². The first-order chi connectivity index (χ1) is 6.59. The summed E-state index contributed by atoms with van der Waals surface area (Å²) in [5, 5.41) is 0. The van der Waals surface area contributed by atoms with Crippen molar-refractivity contribution in [2.75, 3.05) is 0 Å². The summed E-state index contributed by atoms with van der Waals surface area (Å²) in [5.41, 5.74) is 2.18. The zero-order chi connectivity index (χ0) is 10.3. The maximum Gasteiger partial charge on any atom is 0.300 e. The van der Waals surface area contributed by atoms with Crippen molar-refractivity contribution in [2.45, 2.75) is 13.8 Å². The monoisotopic (exact) mass is 190 g/mol. The summed E-state index contributed by atoms with van der Waals surface area (Å²) in [7, 11) is 1.79. The Balaban J connectivity index is 3.02. The quantitative estimate of drug-likeness (QED) is 0.601. The lowest BCUT2D eigenvalue weighted by Crippen LogP contribution is -2.14. The Morgan fingerprint density at radius 2 is 1.86 bits per heavy atom. The van der Waals surface area contributed by atoms with E-state index in [2.05, 4.69) is 15.0 Å². The Kier molecular flexibility index (Phi) is 1.80. The van der Waals surface area contributed by atoms with E-state index in [1.54, 1.807) is 11.6 Å². The summed E-state index contributed by atoms with van der Waals surface area (Å²) in [4.78, 5) is 23.5. The highest BCUT2D eigenvalue weighted by molar-refractivity contribution is 5.68. The first-order valence-corrected chi connectivity index (χ1v) is 4.26. The SMILES string of the molecule is Cc1nc2c(=O)ncn(C)c2nc1C. The largest absolute Gasteiger partial charge is 0.318 e. The lowest BCUT2D eigenvalue weighted by atomic mass is 10.3. The van der Waals surface area contributed by atoms with Gasteiger partial charge in [-0.15, -0.1) is 0 Å². The van der Waals surface area contributed by atoms with Crippen LogP contribution in [-0.4, -0.2) is 19.5 Å². The minimum absolute atomic E-state index is 0.325. The molecule has 14 heavy (non-hydrogen) atoms. The van der Waals surface area contributed by atoms with Crippen molar-refractivity contribution in [3.63, 3.8) is 0 Å². The molecular formula is C9H10N4O. The lowest BCUT2D eigenvalue weighted by molar-refractivity contribution is 0.867. The van der Waals surface area contributed by atoms with Crippen LogP contribution in [0.15, 0.2) is 11.1 Å². The van der Waals surface area contributed by atoms with E-state index in [9.17, 15) is 4.79 Å². The smallest absolute Gasteiger partial charge is 0.300 e. The molecule has 0 spiro atoms. The van der Waals surface area contributed by atoms with E-state index in [1.807, 2.05) is 13.8 Å². The molecule has 0 aliphatic heterocycles. The van der Waals surface area contributed by atoms with Crippen molar-refractivity contribution < 1.29 is 0 Å². The van der Waals surface area contributed by atoms with Crippen molar-refractivity contribution in [3.05, 3.63) is 28.1 Å². The summed E-state index contributed by atoms with van der Waals surface area (Å²) in [6.07, 6.45) is 1.45. The molecule has 0 amide bonds. The molecule has 2 rings (SSSR count). The number of fused-ring (bicyclic) bond motifs is 1. The van der Waals surface area contributed by atoms with Gasteiger partial charge in [0, 0.05) is 7.05 Å². The number of nitrogens with zero attached hydrogens (tertiary/aromatic N) is 4. The zero-order valence-corrected chi connectivity index (χ0v) is 8.27. The number of aromatic nitrogens is 4. The molecular weight excluding hydrogens is 180 g/mol. The zero-order valence-electron chi connectivity index (χ0n) is 8.27. The third kappa shape index (κ3) is 1.17. The highest BCUT2D eigenvalue weighted by atomic mass is 16.1. The van der Waals surface area contributed by atoms with Crippen molar-refractivity contribution in [2.24, 2.45) is 7.05 Å². The molecule has 2 heterocycles. The van der Waals surface area contributed by atoms with Crippen LogP contribution in [0.1, 0.15) is 11.4 Å². The van der Waals surface area contributed by atoms with E-state index in [0.29, 0.717) is 11.2 Å². The molecule has 0 aliphatic rings. The van der Waals surface area contributed by atoms with Crippen LogP contribution in [0.5, 0.6) is 0 Å². The normalized spacial score (nSPS) is 10.8. The van der Waals surface area contributed by atoms with Crippen LogP contribution in [0.3, 0.4) is 0 Å². The van der Waals surface area contributed by atoms with Crippen LogP contribution in [0.4, 0.5) is 0 Å². The number of rotatable bonds is 0. The summed E-state index contributed by atoms with van der Waals surface area (Å²) < 4.78 is 1.69. The van der Waals surface area contributed by atoms with Gasteiger partial charge in [0.05, 0.1) is 11.4 Å². The third-order valence-electron chi connectivity index (χ3n) is 2.17. The van der Waals surface area contributed by atoms with Crippen molar-refractivity contribution in [1.82, 2.24) is 19.5 Å². The molecule has 72 valence electrons. The van der Waals surface area contributed by atoms with Crippen molar-refractivity contribution in [3.8, 4) is 0 Å². The van der Waals surface area contributed by atoms with Crippen LogP contribution in [-0.2, 0) is 7.05 Å². The van der Waals surface area contributed by atoms with Gasteiger partial charge in [-0.05, 0) is 13.8 Å². The second kappa shape index (κ2) is 2.87. The van der Waals surface area contributed by atoms with Gasteiger partial charge < -0.3 is 4.57 Å². The van der Waals surface area contributed by atoms with E-state index in [0.717, 1.165) is 11.4 Å². The topological polar surface area (TPSA) is 60.7 Å². The van der Waals surface area contributed by atoms with E-state index >= 15 is 0 Å².